The zero-order valence-corrected chi connectivity index (χ0v) is 21.0. The summed E-state index contributed by atoms with van der Waals surface area (Å²) >= 11 is 0. The molecule has 5 nitrogen and oxygen atoms in total. The van der Waals surface area contributed by atoms with Gasteiger partial charge >= 0.3 is 0 Å². The Bertz CT molecular complexity index is 914. The molecule has 1 aromatic rings. The fourth-order valence-corrected chi connectivity index (χ4v) is 9.74. The van der Waals surface area contributed by atoms with Crippen LogP contribution in [0.5, 0.6) is 0 Å². The molecule has 33 heavy (non-hydrogen) atoms. The van der Waals surface area contributed by atoms with Crippen molar-refractivity contribution >= 4 is 0 Å². The highest BCUT2D eigenvalue weighted by Crippen LogP contribution is 2.65. The molecule has 182 valence electrons. The van der Waals surface area contributed by atoms with Crippen molar-refractivity contribution in [1.29, 1.82) is 5.26 Å². The number of nitrogens with zero attached hydrogens (tertiary/aromatic N) is 3. The average molecular weight is 454 g/mol. The zero-order chi connectivity index (χ0) is 23.6. The summed E-state index contributed by atoms with van der Waals surface area (Å²) in [7, 11) is 0. The standard InChI is InChI=1S/C28H43N3O2/c1-18-5-8-24(28(4,33)17-31-16-19(14-29)15-30-31)27(3)12-10-22-21-9-11-26(2,32)13-20(21)6-7-23(22)25(18)27/h15-16,18,20-25,32-33H,5-13,17H2,1-4H3/t18-,20+,21+,22-,23-,24+,25+,26-,27-,28+/m1/s1. The van der Waals surface area contributed by atoms with E-state index in [0.717, 1.165) is 37.0 Å². The highest BCUT2D eigenvalue weighted by molar-refractivity contribution is 5.21. The SMILES string of the molecule is C[C@@H]1CC[C@H]([C@@](C)(O)Cn2cc(C#N)cn2)[C@@]2(C)CC[C@H]3[C@@H](CC[C@H]4C[C@](C)(O)CC[C@@H]43)[C@H]12. The lowest BCUT2D eigenvalue weighted by Crippen LogP contribution is -2.60. The predicted octanol–water partition coefficient (Wildman–Crippen LogP) is 5.16. The second-order valence-corrected chi connectivity index (χ2v) is 13.1. The summed E-state index contributed by atoms with van der Waals surface area (Å²) in [6, 6.07) is 2.15. The molecule has 0 spiro atoms. The first-order chi connectivity index (χ1) is 15.5. The Morgan fingerprint density at radius 2 is 1.88 bits per heavy atom. The van der Waals surface area contributed by atoms with Crippen LogP contribution in [0.3, 0.4) is 0 Å². The highest BCUT2D eigenvalue weighted by Gasteiger charge is 2.60. The number of aromatic nitrogens is 2. The minimum atomic E-state index is -0.848. The van der Waals surface area contributed by atoms with Gasteiger partial charge in [0.2, 0.25) is 0 Å². The molecule has 0 unspecified atom stereocenters. The monoisotopic (exact) mass is 453 g/mol. The van der Waals surface area contributed by atoms with Crippen molar-refractivity contribution in [2.75, 3.05) is 0 Å². The maximum absolute atomic E-state index is 11.8. The molecule has 0 amide bonds. The molecule has 2 N–H and O–H groups in total. The van der Waals surface area contributed by atoms with Gasteiger partial charge in [0.05, 0.1) is 29.5 Å². The van der Waals surface area contributed by atoms with Crippen molar-refractivity contribution < 1.29 is 10.2 Å². The summed E-state index contributed by atoms with van der Waals surface area (Å²) in [4.78, 5) is 0. The molecule has 0 bridgehead atoms. The van der Waals surface area contributed by atoms with Gasteiger partial charge in [0, 0.05) is 6.20 Å². The van der Waals surface area contributed by atoms with Crippen LogP contribution in [0.2, 0.25) is 0 Å². The first-order valence-corrected chi connectivity index (χ1v) is 13.4. The van der Waals surface area contributed by atoms with E-state index in [9.17, 15) is 10.2 Å². The Kier molecular flexibility index (Phi) is 5.73. The number of fused-ring (bicyclic) bond motifs is 5. The third-order valence-corrected chi connectivity index (χ3v) is 10.8. The lowest BCUT2D eigenvalue weighted by atomic mass is 9.41. The molecule has 10 atom stereocenters. The van der Waals surface area contributed by atoms with Crippen LogP contribution in [0.25, 0.3) is 0 Å². The molecule has 0 aliphatic heterocycles. The van der Waals surface area contributed by atoms with Gasteiger partial charge in [-0.25, -0.2) is 0 Å². The van der Waals surface area contributed by atoms with Gasteiger partial charge in [-0.3, -0.25) is 4.68 Å². The minimum absolute atomic E-state index is 0.139. The van der Waals surface area contributed by atoms with Crippen molar-refractivity contribution in [3.05, 3.63) is 18.0 Å². The molecule has 0 saturated heterocycles. The number of hydrogen-bond acceptors (Lipinski definition) is 4. The van der Waals surface area contributed by atoms with E-state index < -0.39 is 11.2 Å². The molecule has 4 aliphatic carbocycles. The van der Waals surface area contributed by atoms with Gasteiger partial charge in [0.15, 0.2) is 0 Å². The van der Waals surface area contributed by atoms with Crippen LogP contribution in [0.1, 0.15) is 91.0 Å². The summed E-state index contributed by atoms with van der Waals surface area (Å²) < 4.78 is 1.76. The lowest BCUT2D eigenvalue weighted by molar-refractivity contribution is -0.184. The Hall–Kier alpha value is -1.38. The number of aliphatic hydroxyl groups is 2. The van der Waals surface area contributed by atoms with E-state index in [1.165, 1.54) is 38.5 Å². The first-order valence-electron chi connectivity index (χ1n) is 13.4. The van der Waals surface area contributed by atoms with Crippen LogP contribution in [-0.2, 0) is 6.54 Å². The number of nitriles is 1. The van der Waals surface area contributed by atoms with E-state index in [1.807, 2.05) is 13.8 Å². The largest absolute Gasteiger partial charge is 0.390 e. The van der Waals surface area contributed by atoms with E-state index in [2.05, 4.69) is 25.0 Å². The molecule has 5 rings (SSSR count). The van der Waals surface area contributed by atoms with Crippen LogP contribution >= 0.6 is 0 Å². The molecule has 1 aromatic heterocycles. The molecule has 0 radical (unpaired) electrons. The third kappa shape index (κ3) is 3.96. The maximum Gasteiger partial charge on any atom is 0.102 e. The Morgan fingerprint density at radius 3 is 2.61 bits per heavy atom. The molecule has 5 heteroatoms. The van der Waals surface area contributed by atoms with Crippen molar-refractivity contribution in [2.45, 2.75) is 103 Å². The van der Waals surface area contributed by atoms with Gasteiger partial charge in [-0.15, -0.1) is 0 Å². The summed E-state index contributed by atoms with van der Waals surface area (Å²) in [6.07, 6.45) is 13.8. The van der Waals surface area contributed by atoms with Crippen LogP contribution in [0, 0.1) is 58.2 Å². The van der Waals surface area contributed by atoms with Crippen LogP contribution < -0.4 is 0 Å². The van der Waals surface area contributed by atoms with Crippen LogP contribution in [0.4, 0.5) is 0 Å². The second kappa shape index (κ2) is 8.09. The second-order valence-electron chi connectivity index (χ2n) is 13.1. The van der Waals surface area contributed by atoms with Gasteiger partial charge in [-0.1, -0.05) is 20.3 Å². The van der Waals surface area contributed by atoms with Gasteiger partial charge < -0.3 is 10.2 Å². The molecular formula is C28H43N3O2. The molecule has 0 aromatic carbocycles. The molecule has 1 heterocycles. The molecule has 4 fully saturated rings. The average Bonchev–Trinajstić information content (AvgIpc) is 3.18. The number of hydrogen-bond donors (Lipinski definition) is 2. The quantitative estimate of drug-likeness (QED) is 0.662. The van der Waals surface area contributed by atoms with E-state index in [1.54, 1.807) is 17.1 Å². The Balaban J connectivity index is 1.39. The van der Waals surface area contributed by atoms with E-state index in [4.69, 9.17) is 5.26 Å². The van der Waals surface area contributed by atoms with E-state index in [-0.39, 0.29) is 11.3 Å². The lowest BCUT2D eigenvalue weighted by Gasteiger charge is -2.64. The van der Waals surface area contributed by atoms with Gasteiger partial charge in [0.25, 0.3) is 0 Å². The van der Waals surface area contributed by atoms with Gasteiger partial charge in [0.1, 0.15) is 6.07 Å². The predicted molar refractivity (Wildman–Crippen MR) is 128 cm³/mol. The number of rotatable bonds is 3. The summed E-state index contributed by atoms with van der Waals surface area (Å²) in [5.41, 5.74) is -0.618. The normalized spacial score (nSPS) is 46.9. The van der Waals surface area contributed by atoms with E-state index >= 15 is 0 Å². The van der Waals surface area contributed by atoms with Crippen LogP contribution in [0.15, 0.2) is 12.4 Å². The maximum atomic E-state index is 11.8. The van der Waals surface area contributed by atoms with Crippen molar-refractivity contribution in [1.82, 2.24) is 9.78 Å². The molecule has 4 saturated carbocycles. The highest BCUT2D eigenvalue weighted by atomic mass is 16.3. The molecule has 4 aliphatic rings. The van der Waals surface area contributed by atoms with Crippen molar-refractivity contribution in [2.24, 2.45) is 46.8 Å². The smallest absolute Gasteiger partial charge is 0.102 e. The summed E-state index contributed by atoms with van der Waals surface area (Å²) in [6.45, 7) is 9.47. The first kappa shape index (κ1) is 23.4. The summed E-state index contributed by atoms with van der Waals surface area (Å²) in [5.74, 6) is 4.66. The fraction of sp³-hybridized carbons (Fsp3) is 0.857. The van der Waals surface area contributed by atoms with Gasteiger partial charge in [-0.2, -0.15) is 10.4 Å². The Labute approximate surface area is 199 Å². The third-order valence-electron chi connectivity index (χ3n) is 10.8. The summed E-state index contributed by atoms with van der Waals surface area (Å²) in [5, 5.41) is 36.0. The fourth-order valence-electron chi connectivity index (χ4n) is 9.74. The molecular weight excluding hydrogens is 410 g/mol. The van der Waals surface area contributed by atoms with Crippen molar-refractivity contribution in [3.8, 4) is 6.07 Å². The van der Waals surface area contributed by atoms with Gasteiger partial charge in [-0.05, 0) is 112 Å². The Morgan fingerprint density at radius 1 is 1.12 bits per heavy atom. The van der Waals surface area contributed by atoms with Crippen LogP contribution in [-0.4, -0.2) is 31.2 Å². The topological polar surface area (TPSA) is 82.1 Å². The minimum Gasteiger partial charge on any atom is -0.390 e. The van der Waals surface area contributed by atoms with Crippen molar-refractivity contribution in [3.63, 3.8) is 0 Å². The van der Waals surface area contributed by atoms with E-state index in [0.29, 0.717) is 29.9 Å². The zero-order valence-electron chi connectivity index (χ0n) is 21.0.